The normalized spacial score (nSPS) is 10.1. The van der Waals surface area contributed by atoms with Crippen LogP contribution in [0.25, 0.3) is 0 Å². The molecule has 0 aliphatic carbocycles. The molecule has 16 heavy (non-hydrogen) atoms. The summed E-state index contributed by atoms with van der Waals surface area (Å²) in [4.78, 5) is 3.68. The van der Waals surface area contributed by atoms with Gasteiger partial charge in [0.05, 0.1) is 18.1 Å². The highest BCUT2D eigenvalue weighted by Crippen LogP contribution is 2.32. The van der Waals surface area contributed by atoms with E-state index in [-0.39, 0.29) is 0 Å². The molecule has 0 radical (unpaired) electrons. The van der Waals surface area contributed by atoms with Crippen LogP contribution in [0, 0.1) is 5.82 Å². The molecule has 82 valence electrons. The van der Waals surface area contributed by atoms with Crippen LogP contribution in [0.2, 0.25) is 0 Å². The van der Waals surface area contributed by atoms with Crippen molar-refractivity contribution in [3.8, 4) is 11.5 Å². The van der Waals surface area contributed by atoms with Gasteiger partial charge in [-0.25, -0.2) is 4.39 Å². The molecule has 1 aromatic heterocycles. The fraction of sp³-hybridized carbons (Fsp3) is 0. The van der Waals surface area contributed by atoms with E-state index in [2.05, 4.69) is 20.9 Å². The summed E-state index contributed by atoms with van der Waals surface area (Å²) in [5.74, 6) is 0.317. The van der Waals surface area contributed by atoms with Crippen LogP contribution >= 0.6 is 15.9 Å². The van der Waals surface area contributed by atoms with Gasteiger partial charge in [-0.3, -0.25) is 4.98 Å². The van der Waals surface area contributed by atoms with Crippen molar-refractivity contribution in [1.82, 2.24) is 4.98 Å². The molecule has 2 rings (SSSR count). The highest BCUT2D eigenvalue weighted by atomic mass is 79.9. The van der Waals surface area contributed by atoms with Crippen molar-refractivity contribution in [2.24, 2.45) is 0 Å². The van der Waals surface area contributed by atoms with Crippen LogP contribution in [0.5, 0.6) is 11.5 Å². The van der Waals surface area contributed by atoms with Crippen LogP contribution in [0.4, 0.5) is 10.1 Å². The minimum Gasteiger partial charge on any atom is -0.453 e. The molecule has 0 spiro atoms. The Hall–Kier alpha value is -1.62. The Labute approximate surface area is 100 Å². The van der Waals surface area contributed by atoms with Gasteiger partial charge in [0.25, 0.3) is 0 Å². The van der Waals surface area contributed by atoms with Gasteiger partial charge < -0.3 is 10.5 Å². The van der Waals surface area contributed by atoms with Crippen molar-refractivity contribution in [3.63, 3.8) is 0 Å². The Morgan fingerprint density at radius 3 is 2.88 bits per heavy atom. The van der Waals surface area contributed by atoms with Crippen molar-refractivity contribution in [2.75, 3.05) is 5.73 Å². The molecule has 5 heteroatoms. The van der Waals surface area contributed by atoms with Gasteiger partial charge >= 0.3 is 0 Å². The van der Waals surface area contributed by atoms with E-state index in [1.807, 2.05) is 0 Å². The van der Waals surface area contributed by atoms with Crippen LogP contribution in [-0.4, -0.2) is 4.98 Å². The molecule has 2 aromatic rings. The molecule has 3 nitrogen and oxygen atoms in total. The summed E-state index contributed by atoms with van der Waals surface area (Å²) in [6.07, 6.45) is 2.53. The molecule has 0 aliphatic rings. The Morgan fingerprint density at radius 1 is 1.31 bits per heavy atom. The number of nitrogens with zero attached hydrogens (tertiary/aromatic N) is 1. The number of anilines is 1. The second-order valence-electron chi connectivity index (χ2n) is 3.09. The average molecular weight is 283 g/mol. The predicted octanol–water partition coefficient (Wildman–Crippen LogP) is 3.36. The van der Waals surface area contributed by atoms with Gasteiger partial charge in [-0.05, 0) is 28.1 Å². The highest BCUT2D eigenvalue weighted by Gasteiger charge is 2.05. The topological polar surface area (TPSA) is 48.1 Å². The summed E-state index contributed by atoms with van der Waals surface area (Å²) in [6, 6.07) is 6.52. The molecule has 1 heterocycles. The van der Waals surface area contributed by atoms with Crippen LogP contribution in [0.1, 0.15) is 0 Å². The molecule has 0 aliphatic heterocycles. The minimum atomic E-state index is -0.453. The molecular weight excluding hydrogens is 275 g/mol. The number of halogens is 2. The lowest BCUT2D eigenvalue weighted by Gasteiger charge is -2.08. The summed E-state index contributed by atoms with van der Waals surface area (Å²) in [7, 11) is 0. The summed E-state index contributed by atoms with van der Waals surface area (Å²) >= 11 is 3.28. The van der Waals surface area contributed by atoms with E-state index in [9.17, 15) is 4.39 Å². The second-order valence-corrected chi connectivity index (χ2v) is 3.95. The maximum atomic E-state index is 12.9. The first-order valence-corrected chi connectivity index (χ1v) is 5.28. The zero-order valence-corrected chi connectivity index (χ0v) is 9.74. The van der Waals surface area contributed by atoms with Crippen LogP contribution < -0.4 is 10.5 Å². The zero-order valence-electron chi connectivity index (χ0n) is 8.15. The van der Waals surface area contributed by atoms with Gasteiger partial charge in [-0.1, -0.05) is 6.07 Å². The van der Waals surface area contributed by atoms with E-state index >= 15 is 0 Å². The Bertz CT molecular complexity index is 519. The molecule has 0 unspecified atom stereocenters. The summed E-state index contributed by atoms with van der Waals surface area (Å²) in [5.41, 5.74) is 6.25. The Balaban J connectivity index is 2.31. The number of nitrogens with two attached hydrogens (primary N) is 1. The first kappa shape index (κ1) is 10.9. The number of para-hydroxylation sites is 1. The number of hydrogen-bond donors (Lipinski definition) is 1. The van der Waals surface area contributed by atoms with Crippen LogP contribution in [0.15, 0.2) is 41.1 Å². The highest BCUT2D eigenvalue weighted by molar-refractivity contribution is 9.10. The number of benzene rings is 1. The third kappa shape index (κ3) is 2.30. The molecular formula is C11H8BrFN2O. The molecule has 2 N–H and O–H groups in total. The number of hydrogen-bond acceptors (Lipinski definition) is 3. The fourth-order valence-corrected chi connectivity index (χ4v) is 1.53. The van der Waals surface area contributed by atoms with Crippen molar-refractivity contribution in [3.05, 3.63) is 46.9 Å². The summed E-state index contributed by atoms with van der Waals surface area (Å²) < 4.78 is 19.0. The third-order valence-corrected chi connectivity index (χ3v) is 2.61. The number of ether oxygens (including phenoxy) is 1. The number of pyridine rings is 1. The standard InChI is InChI=1S/C11H8BrFN2O/c12-9-2-1-3-10(11(9)14)16-8-4-7(13)5-15-6-8/h1-6H,14H2. The summed E-state index contributed by atoms with van der Waals surface area (Å²) in [6.45, 7) is 0. The first-order chi connectivity index (χ1) is 7.66. The lowest BCUT2D eigenvalue weighted by molar-refractivity contribution is 0.475. The maximum absolute atomic E-state index is 12.9. The van der Waals surface area contributed by atoms with E-state index < -0.39 is 5.82 Å². The van der Waals surface area contributed by atoms with E-state index in [1.54, 1.807) is 18.2 Å². The summed E-state index contributed by atoms with van der Waals surface area (Å²) in [5, 5.41) is 0. The molecule has 0 fully saturated rings. The zero-order chi connectivity index (χ0) is 11.5. The van der Waals surface area contributed by atoms with Crippen LogP contribution in [0.3, 0.4) is 0 Å². The fourth-order valence-electron chi connectivity index (χ4n) is 1.18. The molecule has 0 atom stereocenters. The lowest BCUT2D eigenvalue weighted by atomic mass is 10.3. The second kappa shape index (κ2) is 4.49. The van der Waals surface area contributed by atoms with Gasteiger partial charge in [0, 0.05) is 10.5 Å². The molecule has 1 aromatic carbocycles. The predicted molar refractivity (Wildman–Crippen MR) is 62.8 cm³/mol. The van der Waals surface area contributed by atoms with Crippen LogP contribution in [-0.2, 0) is 0 Å². The quantitative estimate of drug-likeness (QED) is 0.860. The van der Waals surface area contributed by atoms with E-state index in [4.69, 9.17) is 10.5 Å². The van der Waals surface area contributed by atoms with Crippen molar-refractivity contribution in [2.45, 2.75) is 0 Å². The minimum absolute atomic E-state index is 0.310. The monoisotopic (exact) mass is 282 g/mol. The molecule has 0 saturated heterocycles. The van der Waals surface area contributed by atoms with Gasteiger partial charge in [-0.15, -0.1) is 0 Å². The third-order valence-electron chi connectivity index (χ3n) is 1.92. The van der Waals surface area contributed by atoms with Gasteiger partial charge in [0.15, 0.2) is 5.75 Å². The van der Waals surface area contributed by atoms with Gasteiger partial charge in [-0.2, -0.15) is 0 Å². The van der Waals surface area contributed by atoms with Crippen molar-refractivity contribution >= 4 is 21.6 Å². The largest absolute Gasteiger partial charge is 0.453 e. The number of nitrogen functional groups attached to an aromatic ring is 1. The lowest BCUT2D eigenvalue weighted by Crippen LogP contribution is -1.93. The average Bonchev–Trinajstić information content (AvgIpc) is 2.25. The Morgan fingerprint density at radius 2 is 2.12 bits per heavy atom. The SMILES string of the molecule is Nc1c(Br)cccc1Oc1cncc(F)c1. The van der Waals surface area contributed by atoms with Crippen molar-refractivity contribution in [1.29, 1.82) is 0 Å². The molecule has 0 saturated carbocycles. The van der Waals surface area contributed by atoms with Crippen molar-refractivity contribution < 1.29 is 9.13 Å². The van der Waals surface area contributed by atoms with Gasteiger partial charge in [0.2, 0.25) is 0 Å². The number of rotatable bonds is 2. The Kier molecular flexibility index (Phi) is 3.05. The number of aromatic nitrogens is 1. The first-order valence-electron chi connectivity index (χ1n) is 4.49. The molecule has 0 amide bonds. The smallest absolute Gasteiger partial charge is 0.151 e. The maximum Gasteiger partial charge on any atom is 0.151 e. The molecule has 0 bridgehead atoms. The van der Waals surface area contributed by atoms with E-state index in [0.29, 0.717) is 17.2 Å². The van der Waals surface area contributed by atoms with Gasteiger partial charge in [0.1, 0.15) is 11.6 Å². The van der Waals surface area contributed by atoms with E-state index in [1.165, 1.54) is 12.3 Å². The van der Waals surface area contributed by atoms with E-state index in [0.717, 1.165) is 10.7 Å².